The molecule has 1 atom stereocenters. The molecule has 2 rings (SSSR count). The van der Waals surface area contributed by atoms with Crippen LogP contribution in [0.5, 0.6) is 5.75 Å². The van der Waals surface area contributed by atoms with Crippen LogP contribution in [0.3, 0.4) is 0 Å². The maximum absolute atomic E-state index is 11.1. The minimum Gasteiger partial charge on any atom is -0.496 e. The summed E-state index contributed by atoms with van der Waals surface area (Å²) in [6, 6.07) is 14.8. The van der Waals surface area contributed by atoms with Crippen LogP contribution in [0.4, 0.5) is 5.69 Å². The molecule has 0 radical (unpaired) electrons. The molecule has 5 heteroatoms. The van der Waals surface area contributed by atoms with Gasteiger partial charge in [0.1, 0.15) is 5.75 Å². The Morgan fingerprint density at radius 1 is 1.18 bits per heavy atom. The second-order valence-electron chi connectivity index (χ2n) is 5.22. The first-order chi connectivity index (χ1) is 10.5. The topological polar surface area (TPSA) is 55.6 Å². The largest absolute Gasteiger partial charge is 0.496 e. The second kappa shape index (κ2) is 7.04. The average Bonchev–Trinajstić information content (AvgIpc) is 2.54. The summed E-state index contributed by atoms with van der Waals surface area (Å²) in [5, 5.41) is 11.1. The highest BCUT2D eigenvalue weighted by molar-refractivity contribution is 5.40. The van der Waals surface area contributed by atoms with E-state index in [1.807, 2.05) is 37.4 Å². The summed E-state index contributed by atoms with van der Waals surface area (Å²) in [7, 11) is 3.60. The summed E-state index contributed by atoms with van der Waals surface area (Å²) < 4.78 is 5.39. The van der Waals surface area contributed by atoms with E-state index in [0.717, 1.165) is 11.3 Å². The standard InChI is InChI=1S/C17H20N2O3/c1-13(15-9-5-7-11-17(15)22-3)18(2)12-14-8-4-6-10-16(14)19(20)21/h4-11,13H,12H2,1-3H3. The molecule has 0 aliphatic heterocycles. The van der Waals surface area contributed by atoms with Gasteiger partial charge >= 0.3 is 0 Å². The lowest BCUT2D eigenvalue weighted by atomic mass is 10.0. The van der Waals surface area contributed by atoms with E-state index in [1.54, 1.807) is 19.2 Å². The number of nitro groups is 1. The number of ether oxygens (including phenoxy) is 1. The predicted octanol–water partition coefficient (Wildman–Crippen LogP) is 3.80. The van der Waals surface area contributed by atoms with Gasteiger partial charge < -0.3 is 4.74 Å². The Morgan fingerprint density at radius 2 is 1.82 bits per heavy atom. The van der Waals surface area contributed by atoms with E-state index in [4.69, 9.17) is 4.74 Å². The van der Waals surface area contributed by atoms with Gasteiger partial charge in [-0.25, -0.2) is 0 Å². The van der Waals surface area contributed by atoms with Crippen molar-refractivity contribution < 1.29 is 9.66 Å². The molecule has 5 nitrogen and oxygen atoms in total. The van der Waals surface area contributed by atoms with Gasteiger partial charge in [-0.1, -0.05) is 36.4 Å². The number of hydrogen-bond donors (Lipinski definition) is 0. The van der Waals surface area contributed by atoms with Gasteiger partial charge in [0.15, 0.2) is 0 Å². The van der Waals surface area contributed by atoms with Gasteiger partial charge in [0.2, 0.25) is 0 Å². The Bertz CT molecular complexity index is 658. The van der Waals surface area contributed by atoms with Crippen molar-refractivity contribution in [3.63, 3.8) is 0 Å². The van der Waals surface area contributed by atoms with Gasteiger partial charge in [0.25, 0.3) is 5.69 Å². The molecule has 2 aromatic rings. The molecular formula is C17H20N2O3. The Hall–Kier alpha value is -2.40. The highest BCUT2D eigenvalue weighted by Gasteiger charge is 2.19. The smallest absolute Gasteiger partial charge is 0.273 e. The summed E-state index contributed by atoms with van der Waals surface area (Å²) in [4.78, 5) is 12.8. The van der Waals surface area contributed by atoms with Crippen LogP contribution in [0, 0.1) is 10.1 Å². The molecule has 0 amide bonds. The second-order valence-corrected chi connectivity index (χ2v) is 5.22. The molecule has 0 N–H and O–H groups in total. The van der Waals surface area contributed by atoms with E-state index in [2.05, 4.69) is 11.8 Å². The number of para-hydroxylation sites is 2. The van der Waals surface area contributed by atoms with Crippen LogP contribution in [0.1, 0.15) is 24.1 Å². The number of nitrogens with zero attached hydrogens (tertiary/aromatic N) is 2. The van der Waals surface area contributed by atoms with Crippen LogP contribution in [0.15, 0.2) is 48.5 Å². The number of methoxy groups -OCH3 is 1. The molecule has 22 heavy (non-hydrogen) atoms. The lowest BCUT2D eigenvalue weighted by Crippen LogP contribution is -2.22. The van der Waals surface area contributed by atoms with E-state index >= 15 is 0 Å². The van der Waals surface area contributed by atoms with Crippen LogP contribution in [0.2, 0.25) is 0 Å². The Morgan fingerprint density at radius 3 is 2.50 bits per heavy atom. The third kappa shape index (κ3) is 3.43. The predicted molar refractivity (Wildman–Crippen MR) is 86.0 cm³/mol. The highest BCUT2D eigenvalue weighted by Crippen LogP contribution is 2.30. The maximum Gasteiger partial charge on any atom is 0.273 e. The quantitative estimate of drug-likeness (QED) is 0.601. The van der Waals surface area contributed by atoms with Crippen LogP contribution in [0.25, 0.3) is 0 Å². The van der Waals surface area contributed by atoms with E-state index in [-0.39, 0.29) is 16.7 Å². The van der Waals surface area contributed by atoms with Crippen molar-refractivity contribution >= 4 is 5.69 Å². The van der Waals surface area contributed by atoms with E-state index < -0.39 is 0 Å². The number of nitro benzene ring substituents is 1. The first-order valence-electron chi connectivity index (χ1n) is 7.10. The van der Waals surface area contributed by atoms with Gasteiger partial charge in [-0.15, -0.1) is 0 Å². The first-order valence-corrected chi connectivity index (χ1v) is 7.10. The fourth-order valence-corrected chi connectivity index (χ4v) is 2.48. The zero-order valence-electron chi connectivity index (χ0n) is 13.0. The van der Waals surface area contributed by atoms with Crippen LogP contribution < -0.4 is 4.74 Å². The van der Waals surface area contributed by atoms with Gasteiger partial charge in [-0.05, 0) is 20.0 Å². The zero-order valence-corrected chi connectivity index (χ0v) is 13.0. The van der Waals surface area contributed by atoms with Crippen molar-refractivity contribution in [2.75, 3.05) is 14.2 Å². The molecule has 0 fully saturated rings. The van der Waals surface area contributed by atoms with Crippen LogP contribution >= 0.6 is 0 Å². The van der Waals surface area contributed by atoms with Crippen molar-refractivity contribution in [3.8, 4) is 5.75 Å². The van der Waals surface area contributed by atoms with Crippen molar-refractivity contribution in [1.82, 2.24) is 4.90 Å². The van der Waals surface area contributed by atoms with Gasteiger partial charge in [-0.3, -0.25) is 15.0 Å². The molecule has 0 saturated carbocycles. The van der Waals surface area contributed by atoms with Gasteiger partial charge in [0, 0.05) is 29.8 Å². The Balaban J connectivity index is 2.22. The Labute approximate surface area is 130 Å². The highest BCUT2D eigenvalue weighted by atomic mass is 16.6. The number of rotatable bonds is 6. The summed E-state index contributed by atoms with van der Waals surface area (Å²) in [6.45, 7) is 2.56. The normalized spacial score (nSPS) is 12.2. The fourth-order valence-electron chi connectivity index (χ4n) is 2.48. The average molecular weight is 300 g/mol. The van der Waals surface area contributed by atoms with Crippen LogP contribution in [-0.2, 0) is 6.54 Å². The molecule has 0 aliphatic rings. The Kier molecular flexibility index (Phi) is 5.12. The molecule has 0 aliphatic carbocycles. The van der Waals surface area contributed by atoms with Crippen molar-refractivity contribution in [1.29, 1.82) is 0 Å². The van der Waals surface area contributed by atoms with Gasteiger partial charge in [-0.2, -0.15) is 0 Å². The summed E-state index contributed by atoms with van der Waals surface area (Å²) in [5.74, 6) is 0.824. The van der Waals surface area contributed by atoms with Crippen molar-refractivity contribution in [2.24, 2.45) is 0 Å². The van der Waals surface area contributed by atoms with Crippen LogP contribution in [-0.4, -0.2) is 24.0 Å². The minimum atomic E-state index is -0.336. The van der Waals surface area contributed by atoms with E-state index in [0.29, 0.717) is 12.1 Å². The fraction of sp³-hybridized carbons (Fsp3) is 0.294. The number of hydrogen-bond acceptors (Lipinski definition) is 4. The monoisotopic (exact) mass is 300 g/mol. The van der Waals surface area contributed by atoms with E-state index in [9.17, 15) is 10.1 Å². The molecular weight excluding hydrogens is 280 g/mol. The SMILES string of the molecule is COc1ccccc1C(C)N(C)Cc1ccccc1[N+](=O)[O-]. The molecule has 2 aromatic carbocycles. The molecule has 0 heterocycles. The molecule has 0 bridgehead atoms. The number of benzene rings is 2. The van der Waals surface area contributed by atoms with E-state index in [1.165, 1.54) is 6.07 Å². The van der Waals surface area contributed by atoms with Crippen molar-refractivity contribution in [2.45, 2.75) is 19.5 Å². The third-order valence-corrected chi connectivity index (χ3v) is 3.86. The third-order valence-electron chi connectivity index (χ3n) is 3.86. The molecule has 0 spiro atoms. The lowest BCUT2D eigenvalue weighted by Gasteiger charge is -2.26. The lowest BCUT2D eigenvalue weighted by molar-refractivity contribution is -0.385. The maximum atomic E-state index is 11.1. The summed E-state index contributed by atoms with van der Waals surface area (Å²) in [5.41, 5.74) is 1.92. The first kappa shape index (κ1) is 16.0. The summed E-state index contributed by atoms with van der Waals surface area (Å²) >= 11 is 0. The van der Waals surface area contributed by atoms with Crippen molar-refractivity contribution in [3.05, 3.63) is 69.8 Å². The molecule has 0 aromatic heterocycles. The zero-order chi connectivity index (χ0) is 16.1. The van der Waals surface area contributed by atoms with Gasteiger partial charge in [0.05, 0.1) is 12.0 Å². The summed E-state index contributed by atoms with van der Waals surface area (Å²) in [6.07, 6.45) is 0. The molecule has 1 unspecified atom stereocenters. The molecule has 0 saturated heterocycles. The minimum absolute atomic E-state index is 0.0796. The molecule has 116 valence electrons.